The number of hydrogen-bond donors (Lipinski definition) is 0. The first-order valence-corrected chi connectivity index (χ1v) is 8.29. The first-order valence-electron chi connectivity index (χ1n) is 6.42. The lowest BCUT2D eigenvalue weighted by atomic mass is 10.2. The van der Waals surface area contributed by atoms with Crippen molar-refractivity contribution >= 4 is 28.2 Å². The van der Waals surface area contributed by atoms with Gasteiger partial charge >= 0.3 is 0 Å². The molecule has 0 atom stereocenters. The third-order valence-electron chi connectivity index (χ3n) is 3.22. The Morgan fingerprint density at radius 2 is 1.80 bits per heavy atom. The van der Waals surface area contributed by atoms with Gasteiger partial charge in [-0.15, -0.1) is 0 Å². The first kappa shape index (κ1) is 13.5. The van der Waals surface area contributed by atoms with Gasteiger partial charge < -0.3 is 4.90 Å². The number of nitrogens with zero attached hydrogens (tertiary/aromatic N) is 3. The maximum Gasteiger partial charge on any atom is 0.163 e. The second-order valence-electron chi connectivity index (χ2n) is 4.57. The zero-order valence-corrected chi connectivity index (χ0v) is 12.4. The van der Waals surface area contributed by atoms with Crippen LogP contribution in [0.25, 0.3) is 11.4 Å². The van der Waals surface area contributed by atoms with Crippen molar-refractivity contribution in [1.29, 1.82) is 0 Å². The van der Waals surface area contributed by atoms with Gasteiger partial charge in [0.25, 0.3) is 0 Å². The fraction of sp³-hybridized carbons (Fsp3) is 0.286. The van der Waals surface area contributed by atoms with Gasteiger partial charge in [-0.2, -0.15) is 0 Å². The minimum atomic E-state index is -0.699. The zero-order chi connectivity index (χ0) is 13.9. The predicted molar refractivity (Wildman–Crippen MR) is 82.6 cm³/mol. The van der Waals surface area contributed by atoms with Gasteiger partial charge in [0.05, 0.1) is 0 Å². The summed E-state index contributed by atoms with van der Waals surface area (Å²) in [6, 6.07) is 11.5. The SMILES string of the molecule is O=S1CCN(c2cc(Cl)nc(-c3ccccc3)n2)CC1. The molecular formula is C14H14ClN3OS. The summed E-state index contributed by atoms with van der Waals surface area (Å²) in [5, 5.41) is 0.431. The van der Waals surface area contributed by atoms with Crippen molar-refractivity contribution in [2.75, 3.05) is 29.5 Å². The Labute approximate surface area is 125 Å². The van der Waals surface area contributed by atoms with Crippen LogP contribution < -0.4 is 4.90 Å². The van der Waals surface area contributed by atoms with Crippen molar-refractivity contribution in [3.05, 3.63) is 41.6 Å². The largest absolute Gasteiger partial charge is 0.355 e. The van der Waals surface area contributed by atoms with Crippen molar-refractivity contribution < 1.29 is 4.21 Å². The molecule has 1 fully saturated rings. The van der Waals surface area contributed by atoms with Gasteiger partial charge in [-0.3, -0.25) is 4.21 Å². The van der Waals surface area contributed by atoms with Crippen LogP contribution in [0.3, 0.4) is 0 Å². The Bertz CT molecular complexity index is 626. The molecule has 0 saturated carbocycles. The summed E-state index contributed by atoms with van der Waals surface area (Å²) in [4.78, 5) is 11.0. The molecule has 0 bridgehead atoms. The van der Waals surface area contributed by atoms with Gasteiger partial charge in [0.1, 0.15) is 11.0 Å². The fourth-order valence-corrected chi connectivity index (χ4v) is 3.38. The highest BCUT2D eigenvalue weighted by atomic mass is 35.5. The van der Waals surface area contributed by atoms with Crippen LogP contribution in [0.1, 0.15) is 0 Å². The highest BCUT2D eigenvalue weighted by Gasteiger charge is 2.18. The highest BCUT2D eigenvalue weighted by Crippen LogP contribution is 2.23. The van der Waals surface area contributed by atoms with E-state index in [1.54, 1.807) is 6.07 Å². The van der Waals surface area contributed by atoms with Crippen molar-refractivity contribution in [1.82, 2.24) is 9.97 Å². The molecule has 104 valence electrons. The average molecular weight is 308 g/mol. The van der Waals surface area contributed by atoms with Gasteiger partial charge in [0, 0.05) is 47.0 Å². The Balaban J connectivity index is 1.93. The summed E-state index contributed by atoms with van der Waals surface area (Å²) in [7, 11) is -0.699. The summed E-state index contributed by atoms with van der Waals surface area (Å²) < 4.78 is 11.4. The maximum atomic E-state index is 11.4. The van der Waals surface area contributed by atoms with Gasteiger partial charge in [-0.1, -0.05) is 41.9 Å². The molecule has 1 aliphatic rings. The number of benzene rings is 1. The first-order chi connectivity index (χ1) is 9.72. The monoisotopic (exact) mass is 307 g/mol. The van der Waals surface area contributed by atoms with Crippen LogP contribution in [-0.4, -0.2) is 38.8 Å². The molecule has 2 heterocycles. The molecule has 4 nitrogen and oxygen atoms in total. The topological polar surface area (TPSA) is 46.1 Å². The lowest BCUT2D eigenvalue weighted by Crippen LogP contribution is -2.38. The Kier molecular flexibility index (Phi) is 3.98. The van der Waals surface area contributed by atoms with E-state index < -0.39 is 10.8 Å². The predicted octanol–water partition coefficient (Wildman–Crippen LogP) is 2.37. The maximum absolute atomic E-state index is 11.4. The van der Waals surface area contributed by atoms with Gasteiger partial charge in [0.2, 0.25) is 0 Å². The van der Waals surface area contributed by atoms with Crippen molar-refractivity contribution in [3.8, 4) is 11.4 Å². The van der Waals surface area contributed by atoms with Crippen molar-refractivity contribution in [2.45, 2.75) is 0 Å². The van der Waals surface area contributed by atoms with E-state index in [2.05, 4.69) is 14.9 Å². The second-order valence-corrected chi connectivity index (χ2v) is 6.66. The number of anilines is 1. The van der Waals surface area contributed by atoms with E-state index >= 15 is 0 Å². The summed E-state index contributed by atoms with van der Waals surface area (Å²) in [6.45, 7) is 1.49. The van der Waals surface area contributed by atoms with Gasteiger partial charge in [0.15, 0.2) is 5.82 Å². The van der Waals surface area contributed by atoms with Crippen molar-refractivity contribution in [2.24, 2.45) is 0 Å². The average Bonchev–Trinajstić information content (AvgIpc) is 2.48. The Morgan fingerprint density at radius 1 is 1.10 bits per heavy atom. The standard InChI is InChI=1S/C14H14ClN3OS/c15-12-10-13(18-6-8-20(19)9-7-18)17-14(16-12)11-4-2-1-3-5-11/h1-5,10H,6-9H2. The molecule has 2 aromatic rings. The smallest absolute Gasteiger partial charge is 0.163 e. The number of hydrogen-bond acceptors (Lipinski definition) is 4. The van der Waals surface area contributed by atoms with E-state index in [0.717, 1.165) is 24.5 Å². The van der Waals surface area contributed by atoms with Gasteiger partial charge in [-0.05, 0) is 0 Å². The summed E-state index contributed by atoms with van der Waals surface area (Å²) >= 11 is 6.11. The van der Waals surface area contributed by atoms with E-state index in [9.17, 15) is 4.21 Å². The number of aromatic nitrogens is 2. The molecule has 0 spiro atoms. The quantitative estimate of drug-likeness (QED) is 0.799. The molecule has 3 rings (SSSR count). The van der Waals surface area contributed by atoms with E-state index in [-0.39, 0.29) is 0 Å². The summed E-state index contributed by atoms with van der Waals surface area (Å²) in [6.07, 6.45) is 0. The molecule has 1 aliphatic heterocycles. The molecule has 1 aromatic heterocycles. The normalized spacial score (nSPS) is 16.4. The molecular weight excluding hydrogens is 294 g/mol. The Hall–Kier alpha value is -1.46. The lowest BCUT2D eigenvalue weighted by Gasteiger charge is -2.27. The third kappa shape index (κ3) is 2.99. The van der Waals surface area contributed by atoms with Crippen LogP contribution in [0.15, 0.2) is 36.4 Å². The third-order valence-corrected chi connectivity index (χ3v) is 4.68. The van der Waals surface area contributed by atoms with E-state index in [1.165, 1.54) is 0 Å². The fourth-order valence-electron chi connectivity index (χ4n) is 2.15. The van der Waals surface area contributed by atoms with E-state index in [0.29, 0.717) is 22.5 Å². The Morgan fingerprint density at radius 3 is 2.50 bits per heavy atom. The molecule has 0 unspecified atom stereocenters. The van der Waals surface area contributed by atoms with Gasteiger partial charge in [-0.25, -0.2) is 9.97 Å². The molecule has 0 N–H and O–H groups in total. The number of halogens is 1. The molecule has 20 heavy (non-hydrogen) atoms. The molecule has 0 radical (unpaired) electrons. The lowest BCUT2D eigenvalue weighted by molar-refractivity contribution is 0.672. The van der Waals surface area contributed by atoms with Crippen LogP contribution in [-0.2, 0) is 10.8 Å². The van der Waals surface area contributed by atoms with Crippen LogP contribution in [0.5, 0.6) is 0 Å². The van der Waals surface area contributed by atoms with E-state index in [4.69, 9.17) is 11.6 Å². The van der Waals surface area contributed by atoms with Crippen LogP contribution in [0.2, 0.25) is 5.15 Å². The summed E-state index contributed by atoms with van der Waals surface area (Å²) in [5.74, 6) is 2.80. The molecule has 1 saturated heterocycles. The highest BCUT2D eigenvalue weighted by molar-refractivity contribution is 7.85. The number of rotatable bonds is 2. The van der Waals surface area contributed by atoms with E-state index in [1.807, 2.05) is 30.3 Å². The van der Waals surface area contributed by atoms with Crippen molar-refractivity contribution in [3.63, 3.8) is 0 Å². The molecule has 0 amide bonds. The van der Waals surface area contributed by atoms with Crippen LogP contribution >= 0.6 is 11.6 Å². The van der Waals surface area contributed by atoms with Crippen LogP contribution in [0, 0.1) is 0 Å². The molecule has 6 heteroatoms. The molecule has 0 aliphatic carbocycles. The zero-order valence-electron chi connectivity index (χ0n) is 10.8. The summed E-state index contributed by atoms with van der Waals surface area (Å²) in [5.41, 5.74) is 0.942. The second kappa shape index (κ2) is 5.89. The van der Waals surface area contributed by atoms with Crippen LogP contribution in [0.4, 0.5) is 5.82 Å². The minimum Gasteiger partial charge on any atom is -0.355 e. The molecule has 1 aromatic carbocycles. The minimum absolute atomic E-state index is 0.431.